The molecule has 0 aromatic heterocycles. The van der Waals surface area contributed by atoms with Crippen LogP contribution in [0.25, 0.3) is 0 Å². The molecule has 128 valence electrons. The van der Waals surface area contributed by atoms with Crippen molar-refractivity contribution in [1.82, 2.24) is 0 Å². The third kappa shape index (κ3) is 6.89. The Bertz CT molecular complexity index is 438. The highest BCUT2D eigenvalue weighted by atomic mass is 19.1. The van der Waals surface area contributed by atoms with E-state index in [1.807, 2.05) is 0 Å². The molecule has 0 amide bonds. The fourth-order valence-corrected chi connectivity index (χ4v) is 3.89. The van der Waals surface area contributed by atoms with E-state index < -0.39 is 0 Å². The van der Waals surface area contributed by atoms with Gasteiger partial charge in [0.2, 0.25) is 0 Å². The van der Waals surface area contributed by atoms with Crippen molar-refractivity contribution < 1.29 is 4.39 Å². The molecule has 1 fully saturated rings. The maximum atomic E-state index is 12.0. The molecule has 2 rings (SSSR count). The molecule has 1 saturated carbocycles. The predicted molar refractivity (Wildman–Crippen MR) is 98.3 cm³/mol. The van der Waals surface area contributed by atoms with Gasteiger partial charge in [0.1, 0.15) is 0 Å². The zero-order chi connectivity index (χ0) is 16.3. The van der Waals surface area contributed by atoms with Gasteiger partial charge >= 0.3 is 0 Å². The molecule has 0 unspecified atom stereocenters. The minimum Gasteiger partial charge on any atom is -0.216 e. The van der Waals surface area contributed by atoms with E-state index in [1.54, 1.807) is 6.08 Å². The zero-order valence-corrected chi connectivity index (χ0v) is 14.8. The van der Waals surface area contributed by atoms with Crippen LogP contribution in [-0.4, -0.2) is 0 Å². The first-order chi connectivity index (χ1) is 11.3. The summed E-state index contributed by atoms with van der Waals surface area (Å²) in [7, 11) is 0. The lowest BCUT2D eigenvalue weighted by atomic mass is 9.78. The number of hydrogen-bond acceptors (Lipinski definition) is 0. The highest BCUT2D eigenvalue weighted by molar-refractivity contribution is 5.24. The number of allylic oxidation sites excluding steroid dienone is 1. The molecule has 1 heteroatoms. The zero-order valence-electron chi connectivity index (χ0n) is 14.8. The second kappa shape index (κ2) is 10.6. The van der Waals surface area contributed by atoms with E-state index in [1.165, 1.54) is 75.3 Å². The summed E-state index contributed by atoms with van der Waals surface area (Å²) in [4.78, 5) is 0. The Balaban J connectivity index is 1.65. The summed E-state index contributed by atoms with van der Waals surface area (Å²) in [6.45, 7) is 2.29. The van der Waals surface area contributed by atoms with Crippen LogP contribution >= 0.6 is 0 Å². The van der Waals surface area contributed by atoms with Gasteiger partial charge in [-0.2, -0.15) is 0 Å². The molecule has 0 saturated heterocycles. The van der Waals surface area contributed by atoms with Crippen LogP contribution in [0.3, 0.4) is 0 Å². The molecule has 1 aromatic rings. The molecule has 0 heterocycles. The molecule has 0 radical (unpaired) electrons. The van der Waals surface area contributed by atoms with Crippen molar-refractivity contribution in [2.75, 3.05) is 0 Å². The van der Waals surface area contributed by atoms with Crippen molar-refractivity contribution in [3.05, 3.63) is 47.8 Å². The Morgan fingerprint density at radius 1 is 0.913 bits per heavy atom. The largest absolute Gasteiger partial charge is 0.216 e. The maximum Gasteiger partial charge on any atom is 0.0830 e. The Morgan fingerprint density at radius 3 is 2.13 bits per heavy atom. The fourth-order valence-electron chi connectivity index (χ4n) is 3.89. The van der Waals surface area contributed by atoms with E-state index in [2.05, 4.69) is 31.2 Å². The first-order valence-electron chi connectivity index (χ1n) is 9.64. The van der Waals surface area contributed by atoms with Gasteiger partial charge in [-0.15, -0.1) is 0 Å². The SMILES string of the molecule is CCCCC[C@H]1CC[C@H](CCc2ccc(CC=CF)cc2)CC1. The highest BCUT2D eigenvalue weighted by Gasteiger charge is 2.20. The minimum atomic E-state index is 0.631. The Labute approximate surface area is 142 Å². The highest BCUT2D eigenvalue weighted by Crippen LogP contribution is 2.34. The molecule has 0 N–H and O–H groups in total. The number of rotatable bonds is 9. The summed E-state index contributed by atoms with van der Waals surface area (Å²) >= 11 is 0. The van der Waals surface area contributed by atoms with Gasteiger partial charge in [-0.1, -0.05) is 88.6 Å². The third-order valence-corrected chi connectivity index (χ3v) is 5.49. The molecule has 1 aliphatic carbocycles. The monoisotopic (exact) mass is 316 g/mol. The molecule has 23 heavy (non-hydrogen) atoms. The predicted octanol–water partition coefficient (Wildman–Crippen LogP) is 7.03. The minimum absolute atomic E-state index is 0.631. The number of aryl methyl sites for hydroxylation is 1. The van der Waals surface area contributed by atoms with Crippen molar-refractivity contribution in [2.24, 2.45) is 11.8 Å². The van der Waals surface area contributed by atoms with E-state index >= 15 is 0 Å². The molecular formula is C22H33F. The van der Waals surface area contributed by atoms with Gasteiger partial charge in [0.15, 0.2) is 0 Å². The fraction of sp³-hybridized carbons (Fsp3) is 0.636. The molecule has 0 nitrogen and oxygen atoms in total. The average molecular weight is 317 g/mol. The normalized spacial score (nSPS) is 21.8. The number of hydrogen-bond donors (Lipinski definition) is 0. The Hall–Kier alpha value is -1.11. The van der Waals surface area contributed by atoms with E-state index in [-0.39, 0.29) is 0 Å². The number of unbranched alkanes of at least 4 members (excludes halogenated alkanes) is 2. The van der Waals surface area contributed by atoms with Gasteiger partial charge in [-0.3, -0.25) is 0 Å². The lowest BCUT2D eigenvalue weighted by molar-refractivity contribution is 0.249. The summed E-state index contributed by atoms with van der Waals surface area (Å²) < 4.78 is 12.0. The smallest absolute Gasteiger partial charge is 0.0830 e. The summed E-state index contributed by atoms with van der Waals surface area (Å²) in [6, 6.07) is 8.72. The lowest BCUT2D eigenvalue weighted by Gasteiger charge is -2.28. The van der Waals surface area contributed by atoms with Gasteiger partial charge in [-0.25, -0.2) is 4.39 Å². The maximum absolute atomic E-state index is 12.0. The van der Waals surface area contributed by atoms with E-state index in [0.29, 0.717) is 12.8 Å². The Morgan fingerprint density at radius 2 is 1.52 bits per heavy atom. The van der Waals surface area contributed by atoms with Crippen LogP contribution in [0.5, 0.6) is 0 Å². The van der Waals surface area contributed by atoms with Crippen LogP contribution in [0.2, 0.25) is 0 Å². The molecule has 1 aliphatic rings. The molecule has 0 aliphatic heterocycles. The van der Waals surface area contributed by atoms with E-state index in [4.69, 9.17) is 0 Å². The second-order valence-electron chi connectivity index (χ2n) is 7.30. The van der Waals surface area contributed by atoms with Crippen molar-refractivity contribution in [3.63, 3.8) is 0 Å². The summed E-state index contributed by atoms with van der Waals surface area (Å²) in [6.07, 6.45) is 16.9. The lowest BCUT2D eigenvalue weighted by Crippen LogP contribution is -2.15. The summed E-state index contributed by atoms with van der Waals surface area (Å²) in [5.74, 6) is 1.95. The summed E-state index contributed by atoms with van der Waals surface area (Å²) in [5, 5.41) is 0. The average Bonchev–Trinajstić information content (AvgIpc) is 2.60. The van der Waals surface area contributed by atoms with Crippen LogP contribution in [0.15, 0.2) is 36.7 Å². The first-order valence-corrected chi connectivity index (χ1v) is 9.64. The van der Waals surface area contributed by atoms with Crippen molar-refractivity contribution >= 4 is 0 Å². The van der Waals surface area contributed by atoms with E-state index in [0.717, 1.165) is 11.8 Å². The summed E-state index contributed by atoms with van der Waals surface area (Å²) in [5.41, 5.74) is 2.62. The van der Waals surface area contributed by atoms with Gasteiger partial charge < -0.3 is 0 Å². The number of benzene rings is 1. The molecule has 0 spiro atoms. The van der Waals surface area contributed by atoms with Crippen molar-refractivity contribution in [1.29, 1.82) is 0 Å². The molecular weight excluding hydrogens is 283 g/mol. The first kappa shape index (κ1) is 18.2. The van der Waals surface area contributed by atoms with E-state index in [9.17, 15) is 4.39 Å². The quantitative estimate of drug-likeness (QED) is 0.429. The van der Waals surface area contributed by atoms with Gasteiger partial charge in [0, 0.05) is 0 Å². The standard InChI is InChI=1S/C22H33F/c1-2-3-4-6-19-8-12-21(13-9-19)16-17-22-14-10-20(11-15-22)7-5-18-23/h5,10-11,14-15,18-19,21H,2-4,6-9,12-13,16-17H2,1H3/t19-,21-. The van der Waals surface area contributed by atoms with Crippen LogP contribution < -0.4 is 0 Å². The van der Waals surface area contributed by atoms with Crippen molar-refractivity contribution in [3.8, 4) is 0 Å². The van der Waals surface area contributed by atoms with Crippen LogP contribution in [0, 0.1) is 11.8 Å². The topological polar surface area (TPSA) is 0 Å². The van der Waals surface area contributed by atoms with Crippen LogP contribution in [-0.2, 0) is 12.8 Å². The van der Waals surface area contributed by atoms with Gasteiger partial charge in [0.05, 0.1) is 6.33 Å². The van der Waals surface area contributed by atoms with Crippen LogP contribution in [0.1, 0.15) is 75.8 Å². The van der Waals surface area contributed by atoms with Crippen LogP contribution in [0.4, 0.5) is 4.39 Å². The third-order valence-electron chi connectivity index (χ3n) is 5.49. The van der Waals surface area contributed by atoms with Gasteiger partial charge in [-0.05, 0) is 42.2 Å². The van der Waals surface area contributed by atoms with Crippen molar-refractivity contribution in [2.45, 2.75) is 77.6 Å². The Kier molecular flexibility index (Phi) is 8.42. The number of halogens is 1. The van der Waals surface area contributed by atoms with Gasteiger partial charge in [0.25, 0.3) is 0 Å². The molecule has 0 bridgehead atoms. The molecule has 1 aromatic carbocycles. The molecule has 0 atom stereocenters. The second-order valence-corrected chi connectivity index (χ2v) is 7.30.